The largest absolute Gasteiger partial charge is 0.392 e. The van der Waals surface area contributed by atoms with Crippen molar-refractivity contribution in [2.75, 3.05) is 0 Å². The molecule has 3 N–H and O–H groups in total. The van der Waals surface area contributed by atoms with Crippen LogP contribution < -0.4 is 5.73 Å². The van der Waals surface area contributed by atoms with E-state index in [0.29, 0.717) is 0 Å². The quantitative estimate of drug-likeness (QED) is 0.757. The average molecular weight is 279 g/mol. The molecular formula is C17H15N2O2. The summed E-state index contributed by atoms with van der Waals surface area (Å²) in [5.74, 6) is 0. The van der Waals surface area contributed by atoms with Crippen LogP contribution in [0.1, 0.15) is 11.3 Å². The molecule has 4 heteroatoms. The number of nitrogens with zero attached hydrogens (tertiary/aromatic N) is 1. The highest BCUT2D eigenvalue weighted by Gasteiger charge is 2.10. The first-order valence-corrected chi connectivity index (χ1v) is 6.64. The van der Waals surface area contributed by atoms with Gasteiger partial charge in [0.15, 0.2) is 0 Å². The number of carbonyl (C=O) groups excluding carboxylic acids is 1. The van der Waals surface area contributed by atoms with Gasteiger partial charge in [0, 0.05) is 11.1 Å². The van der Waals surface area contributed by atoms with E-state index in [2.05, 4.69) is 6.07 Å². The molecule has 0 unspecified atom stereocenters. The fraction of sp³-hybridized carbons (Fsp3) is 0.118. The fourth-order valence-electron chi connectivity index (χ4n) is 2.54. The van der Waals surface area contributed by atoms with Crippen LogP contribution in [-0.2, 0) is 6.61 Å². The molecule has 0 saturated carbocycles. The first-order valence-electron chi connectivity index (χ1n) is 6.64. The molecule has 0 saturated heterocycles. The number of aliphatic hydroxyl groups is 1. The van der Waals surface area contributed by atoms with Gasteiger partial charge in [-0.25, -0.2) is 4.79 Å². The number of rotatable bonds is 2. The molecule has 21 heavy (non-hydrogen) atoms. The SMILES string of the molecule is Cc1cc2cc(-c3ccc(CO)cc3)[c]cc2n1C(N)=O. The lowest BCUT2D eigenvalue weighted by atomic mass is 10.0. The Morgan fingerprint density at radius 2 is 2.00 bits per heavy atom. The molecule has 3 aromatic rings. The van der Waals surface area contributed by atoms with Crippen LogP contribution in [0.3, 0.4) is 0 Å². The van der Waals surface area contributed by atoms with Crippen molar-refractivity contribution in [1.29, 1.82) is 0 Å². The van der Waals surface area contributed by atoms with Crippen LogP contribution in [0.15, 0.2) is 42.5 Å². The Balaban J connectivity index is 2.10. The highest BCUT2D eigenvalue weighted by Crippen LogP contribution is 2.26. The molecule has 4 nitrogen and oxygen atoms in total. The maximum Gasteiger partial charge on any atom is 0.323 e. The van der Waals surface area contributed by atoms with Crippen molar-refractivity contribution in [2.24, 2.45) is 5.73 Å². The number of hydrogen-bond donors (Lipinski definition) is 2. The minimum absolute atomic E-state index is 0.0314. The van der Waals surface area contributed by atoms with Crippen LogP contribution in [-0.4, -0.2) is 15.7 Å². The Hall–Kier alpha value is -2.59. The van der Waals surface area contributed by atoms with E-state index in [-0.39, 0.29) is 6.61 Å². The summed E-state index contributed by atoms with van der Waals surface area (Å²) in [7, 11) is 0. The van der Waals surface area contributed by atoms with Gasteiger partial charge in [-0.1, -0.05) is 24.3 Å². The number of hydrogen-bond acceptors (Lipinski definition) is 2. The van der Waals surface area contributed by atoms with E-state index in [1.807, 2.05) is 43.3 Å². The number of primary amides is 1. The zero-order chi connectivity index (χ0) is 15.0. The van der Waals surface area contributed by atoms with Gasteiger partial charge in [0.1, 0.15) is 0 Å². The molecule has 2 aromatic carbocycles. The average Bonchev–Trinajstić information content (AvgIpc) is 2.82. The molecule has 0 bridgehead atoms. The van der Waals surface area contributed by atoms with Crippen molar-refractivity contribution in [2.45, 2.75) is 13.5 Å². The summed E-state index contributed by atoms with van der Waals surface area (Å²) in [5.41, 5.74) is 9.78. The summed E-state index contributed by atoms with van der Waals surface area (Å²) in [6.45, 7) is 1.88. The molecule has 1 radical (unpaired) electrons. The Bertz CT molecular complexity index is 817. The summed E-state index contributed by atoms with van der Waals surface area (Å²) < 4.78 is 1.48. The number of nitrogens with two attached hydrogens (primary N) is 1. The Kier molecular flexibility index (Phi) is 3.23. The van der Waals surface area contributed by atoms with Crippen molar-refractivity contribution in [3.8, 4) is 11.1 Å². The second kappa shape index (κ2) is 5.07. The predicted molar refractivity (Wildman–Crippen MR) is 81.9 cm³/mol. The first-order chi connectivity index (χ1) is 10.1. The first kappa shape index (κ1) is 13.4. The van der Waals surface area contributed by atoms with Crippen LogP contribution >= 0.6 is 0 Å². The molecule has 0 aliphatic carbocycles. The number of amides is 1. The van der Waals surface area contributed by atoms with E-state index in [4.69, 9.17) is 10.8 Å². The predicted octanol–water partition coefficient (Wildman–Crippen LogP) is 2.84. The number of aryl methyl sites for hydroxylation is 1. The van der Waals surface area contributed by atoms with Gasteiger partial charge in [0.05, 0.1) is 12.1 Å². The third kappa shape index (κ3) is 2.30. The van der Waals surface area contributed by atoms with Crippen LogP contribution in [0, 0.1) is 13.0 Å². The van der Waals surface area contributed by atoms with Gasteiger partial charge >= 0.3 is 6.03 Å². The van der Waals surface area contributed by atoms with Crippen LogP contribution in [0.2, 0.25) is 0 Å². The number of benzene rings is 2. The monoisotopic (exact) mass is 279 g/mol. The van der Waals surface area contributed by atoms with Crippen LogP contribution in [0.5, 0.6) is 0 Å². The lowest BCUT2D eigenvalue weighted by molar-refractivity contribution is 0.251. The van der Waals surface area contributed by atoms with Crippen molar-refractivity contribution in [3.05, 3.63) is 59.8 Å². The van der Waals surface area contributed by atoms with E-state index in [0.717, 1.165) is 33.3 Å². The second-order valence-electron chi connectivity index (χ2n) is 5.00. The molecule has 1 heterocycles. The van der Waals surface area contributed by atoms with Crippen molar-refractivity contribution in [3.63, 3.8) is 0 Å². The summed E-state index contributed by atoms with van der Waals surface area (Å²) in [6, 6.07) is 16.0. The highest BCUT2D eigenvalue weighted by molar-refractivity contribution is 5.94. The van der Waals surface area contributed by atoms with Gasteiger partial charge in [-0.15, -0.1) is 0 Å². The lowest BCUT2D eigenvalue weighted by Crippen LogP contribution is -2.20. The summed E-state index contributed by atoms with van der Waals surface area (Å²) in [5, 5.41) is 10.0. The number of fused-ring (bicyclic) bond motifs is 1. The minimum atomic E-state index is -0.490. The van der Waals surface area contributed by atoms with Gasteiger partial charge in [-0.3, -0.25) is 4.57 Å². The molecule has 0 aliphatic heterocycles. The van der Waals surface area contributed by atoms with Crippen molar-refractivity contribution >= 4 is 16.9 Å². The molecule has 1 aromatic heterocycles. The van der Waals surface area contributed by atoms with Crippen molar-refractivity contribution < 1.29 is 9.90 Å². The second-order valence-corrected chi connectivity index (χ2v) is 5.00. The third-order valence-corrected chi connectivity index (χ3v) is 3.59. The summed E-state index contributed by atoms with van der Waals surface area (Å²) >= 11 is 0. The van der Waals surface area contributed by atoms with E-state index in [9.17, 15) is 4.79 Å². The molecule has 1 amide bonds. The van der Waals surface area contributed by atoms with Gasteiger partial charge in [0.25, 0.3) is 0 Å². The van der Waals surface area contributed by atoms with Crippen molar-refractivity contribution in [1.82, 2.24) is 4.57 Å². The number of aliphatic hydroxyl groups excluding tert-OH is 1. The third-order valence-electron chi connectivity index (χ3n) is 3.59. The molecule has 0 atom stereocenters. The zero-order valence-corrected chi connectivity index (χ0v) is 11.6. The standard InChI is InChI=1S/C17H15N2O2/c1-11-8-15-9-14(6-7-16(15)19(11)17(18)21)13-4-2-12(10-20)3-5-13/h2-5,7-9,20H,10H2,1H3,(H2,18,21). The Morgan fingerprint density at radius 1 is 1.29 bits per heavy atom. The maximum absolute atomic E-state index is 11.5. The Labute approximate surface area is 122 Å². The Morgan fingerprint density at radius 3 is 2.62 bits per heavy atom. The number of carbonyl (C=O) groups is 1. The van der Waals surface area contributed by atoms with E-state index in [1.54, 1.807) is 6.07 Å². The fourth-order valence-corrected chi connectivity index (χ4v) is 2.54. The summed E-state index contributed by atoms with van der Waals surface area (Å²) in [4.78, 5) is 11.5. The molecule has 0 spiro atoms. The number of aromatic nitrogens is 1. The van der Waals surface area contributed by atoms with Gasteiger partial charge < -0.3 is 10.8 Å². The summed E-state index contributed by atoms with van der Waals surface area (Å²) in [6.07, 6.45) is 0. The minimum Gasteiger partial charge on any atom is -0.392 e. The van der Waals surface area contributed by atoms with Gasteiger partial charge in [-0.05, 0) is 47.9 Å². The molecular weight excluding hydrogens is 264 g/mol. The smallest absolute Gasteiger partial charge is 0.323 e. The van der Waals surface area contributed by atoms with Gasteiger partial charge in [-0.2, -0.15) is 0 Å². The van der Waals surface area contributed by atoms with E-state index < -0.39 is 6.03 Å². The maximum atomic E-state index is 11.5. The highest BCUT2D eigenvalue weighted by atomic mass is 16.3. The normalized spacial score (nSPS) is 11.0. The van der Waals surface area contributed by atoms with Crippen LogP contribution in [0.25, 0.3) is 22.0 Å². The van der Waals surface area contributed by atoms with E-state index >= 15 is 0 Å². The molecule has 0 fully saturated rings. The molecule has 3 rings (SSSR count). The molecule has 0 aliphatic rings. The topological polar surface area (TPSA) is 68.2 Å². The van der Waals surface area contributed by atoms with Gasteiger partial charge in [0.2, 0.25) is 0 Å². The lowest BCUT2D eigenvalue weighted by Gasteiger charge is -2.05. The zero-order valence-electron chi connectivity index (χ0n) is 11.6. The van der Waals surface area contributed by atoms with Crippen LogP contribution in [0.4, 0.5) is 4.79 Å². The molecule has 105 valence electrons. The van der Waals surface area contributed by atoms with E-state index in [1.165, 1.54) is 4.57 Å².